The molecule has 0 aliphatic heterocycles. The van der Waals surface area contributed by atoms with Crippen LogP contribution in [-0.2, 0) is 20.1 Å². The zero-order valence-electron chi connectivity index (χ0n) is 12.5. The molecule has 120 valence electrons. The fraction of sp³-hybridized carbons (Fsp3) is 0.235. The van der Waals surface area contributed by atoms with Crippen LogP contribution in [0.15, 0.2) is 48.5 Å². The number of para-hydroxylation sites is 2. The maximum absolute atomic E-state index is 6.00. The van der Waals surface area contributed by atoms with Gasteiger partial charge in [0.05, 0.1) is 0 Å². The van der Waals surface area contributed by atoms with Crippen LogP contribution in [0.3, 0.4) is 0 Å². The number of nitrogens with one attached hydrogen (secondary N) is 1. The van der Waals surface area contributed by atoms with Crippen molar-refractivity contribution in [2.75, 3.05) is 5.32 Å². The number of rotatable bonds is 6. The monoisotopic (exact) mass is 425 g/mol. The summed E-state index contributed by atoms with van der Waals surface area (Å²) in [4.78, 5) is 0. The Morgan fingerprint density at radius 3 is 2.50 bits per heavy atom. The van der Waals surface area contributed by atoms with Crippen molar-refractivity contribution < 1.29 is 18.3 Å². The summed E-state index contributed by atoms with van der Waals surface area (Å²) in [5.41, 5.74) is 3.25. The quantitative estimate of drug-likeness (QED) is 0.646. The minimum absolute atomic E-state index is 0.142. The Hall–Kier alpha value is -0.887. The Morgan fingerprint density at radius 1 is 1.09 bits per heavy atom. The number of halogens is 2. The molecule has 0 heterocycles. The molecular formula is C17H19Cl2NORu. The Morgan fingerprint density at radius 2 is 1.77 bits per heavy atom. The normalized spacial score (nSPS) is 11.2. The molecular weight excluding hydrogens is 406 g/mol. The fourth-order valence-electron chi connectivity index (χ4n) is 2.04. The van der Waals surface area contributed by atoms with Crippen LogP contribution < -0.4 is 10.1 Å². The molecule has 2 aromatic carbocycles. The first kappa shape index (κ1) is 17.5. The van der Waals surface area contributed by atoms with Crippen LogP contribution in [0.2, 0.25) is 0 Å². The van der Waals surface area contributed by atoms with Crippen LogP contribution in [0.25, 0.3) is 0 Å². The average Bonchev–Trinajstić information content (AvgIpc) is 2.46. The third kappa shape index (κ3) is 5.39. The van der Waals surface area contributed by atoms with E-state index >= 15 is 0 Å². The summed E-state index contributed by atoms with van der Waals surface area (Å²) in [6.07, 6.45) is 0.142. The number of hydrogen-bond acceptors (Lipinski definition) is 2. The van der Waals surface area contributed by atoms with Gasteiger partial charge in [0, 0.05) is 0 Å². The summed E-state index contributed by atoms with van der Waals surface area (Å²) in [6.45, 7) is 4.74. The van der Waals surface area contributed by atoms with Gasteiger partial charge in [-0.15, -0.1) is 0 Å². The van der Waals surface area contributed by atoms with Crippen molar-refractivity contribution >= 4 is 29.7 Å². The molecule has 0 bridgehead atoms. The first-order valence-electron chi connectivity index (χ1n) is 6.97. The molecule has 22 heavy (non-hydrogen) atoms. The first-order valence-corrected chi connectivity index (χ1v) is 12.4. The third-order valence-corrected chi connectivity index (χ3v) is 4.79. The van der Waals surface area contributed by atoms with Gasteiger partial charge in [0.1, 0.15) is 0 Å². The Kier molecular flexibility index (Phi) is 6.88. The van der Waals surface area contributed by atoms with Crippen LogP contribution >= 0.6 is 19.4 Å². The van der Waals surface area contributed by atoms with Crippen molar-refractivity contribution in [1.82, 2.24) is 0 Å². The zero-order chi connectivity index (χ0) is 15.9. The Bertz CT molecular complexity index is 655. The predicted octanol–water partition coefficient (Wildman–Crippen LogP) is 5.16. The van der Waals surface area contributed by atoms with Crippen molar-refractivity contribution in [3.05, 3.63) is 59.7 Å². The summed E-state index contributed by atoms with van der Waals surface area (Å²) in [6, 6.07) is 16.1. The second-order valence-corrected chi connectivity index (χ2v) is 10.7. The summed E-state index contributed by atoms with van der Waals surface area (Å²) < 4.78 is 7.80. The molecule has 0 aliphatic carbocycles. The van der Waals surface area contributed by atoms with Crippen molar-refractivity contribution in [3.8, 4) is 5.75 Å². The minimum atomic E-state index is -1.83. The number of anilines is 1. The van der Waals surface area contributed by atoms with E-state index in [1.54, 1.807) is 0 Å². The molecule has 2 aromatic rings. The summed E-state index contributed by atoms with van der Waals surface area (Å²) in [5.74, 6) is 0.862. The van der Waals surface area contributed by atoms with Gasteiger partial charge in [-0.2, -0.15) is 0 Å². The number of ether oxygens (including phenoxy) is 1. The second-order valence-electron chi connectivity index (χ2n) is 5.02. The Balaban J connectivity index is 2.16. The van der Waals surface area contributed by atoms with Gasteiger partial charge < -0.3 is 0 Å². The molecule has 0 spiro atoms. The molecule has 0 saturated heterocycles. The number of benzene rings is 2. The summed E-state index contributed by atoms with van der Waals surface area (Å²) in [7, 11) is 12.0. The van der Waals surface area contributed by atoms with Crippen molar-refractivity contribution in [2.45, 2.75) is 26.5 Å². The van der Waals surface area contributed by atoms with Gasteiger partial charge in [0.25, 0.3) is 0 Å². The summed E-state index contributed by atoms with van der Waals surface area (Å²) in [5, 5.41) is 3.43. The molecule has 0 unspecified atom stereocenters. The molecule has 0 aromatic heterocycles. The van der Waals surface area contributed by atoms with E-state index in [4.69, 9.17) is 24.1 Å². The van der Waals surface area contributed by atoms with Gasteiger partial charge in [-0.3, -0.25) is 0 Å². The maximum atomic E-state index is 6.00. The molecule has 0 amide bonds. The van der Waals surface area contributed by atoms with E-state index in [-0.39, 0.29) is 6.10 Å². The fourth-order valence-corrected chi connectivity index (χ4v) is 3.92. The molecule has 0 radical (unpaired) electrons. The van der Waals surface area contributed by atoms with Crippen molar-refractivity contribution in [1.29, 1.82) is 0 Å². The molecule has 2 rings (SSSR count). The van der Waals surface area contributed by atoms with E-state index in [1.807, 2.05) is 60.9 Å². The second kappa shape index (κ2) is 8.67. The molecule has 0 fully saturated rings. The predicted molar refractivity (Wildman–Crippen MR) is 92.8 cm³/mol. The van der Waals surface area contributed by atoms with Gasteiger partial charge in [0.2, 0.25) is 0 Å². The molecule has 5 heteroatoms. The van der Waals surface area contributed by atoms with E-state index in [2.05, 4.69) is 11.4 Å². The number of hydrogen-bond donors (Lipinski definition) is 1. The molecule has 0 atom stereocenters. The van der Waals surface area contributed by atoms with Crippen LogP contribution in [-0.4, -0.2) is 10.7 Å². The molecule has 2 nitrogen and oxygen atoms in total. The van der Waals surface area contributed by atoms with Gasteiger partial charge >= 0.3 is 145 Å². The van der Waals surface area contributed by atoms with Crippen LogP contribution in [0.4, 0.5) is 5.69 Å². The average molecular weight is 425 g/mol. The SMILES string of the molecule is CC(C)Oc1ccccc1NCc1ccccc1[CH]=[Ru]([Cl])[Cl]. The third-order valence-electron chi connectivity index (χ3n) is 2.96. The van der Waals surface area contributed by atoms with E-state index in [0.717, 1.165) is 17.0 Å². The van der Waals surface area contributed by atoms with Gasteiger partial charge in [0.15, 0.2) is 0 Å². The standard InChI is InChI=1S/C17H19NO.2ClH.Ru/c1-13(2)19-17-11-7-6-10-16(17)18-12-15-9-5-4-8-14(15)3;;;/h3-11,13,18H,12H2,1-2H3;2*1H;/q;;;+2/p-2. The first-order chi connectivity index (χ1) is 10.6. The van der Waals surface area contributed by atoms with E-state index in [0.29, 0.717) is 6.54 Å². The Labute approximate surface area is 144 Å². The van der Waals surface area contributed by atoms with Gasteiger partial charge in [-0.05, 0) is 0 Å². The van der Waals surface area contributed by atoms with E-state index in [9.17, 15) is 0 Å². The molecule has 1 N–H and O–H groups in total. The van der Waals surface area contributed by atoms with E-state index < -0.39 is 13.5 Å². The van der Waals surface area contributed by atoms with Crippen LogP contribution in [0, 0.1) is 0 Å². The van der Waals surface area contributed by atoms with Crippen LogP contribution in [0.5, 0.6) is 5.75 Å². The van der Waals surface area contributed by atoms with Gasteiger partial charge in [-0.25, -0.2) is 0 Å². The van der Waals surface area contributed by atoms with E-state index in [1.165, 1.54) is 5.56 Å². The molecule has 0 saturated carbocycles. The zero-order valence-corrected chi connectivity index (χ0v) is 15.7. The topological polar surface area (TPSA) is 21.3 Å². The van der Waals surface area contributed by atoms with Crippen LogP contribution in [0.1, 0.15) is 25.0 Å². The summed E-state index contributed by atoms with van der Waals surface area (Å²) >= 11 is -1.83. The van der Waals surface area contributed by atoms with Gasteiger partial charge in [-0.1, -0.05) is 0 Å². The van der Waals surface area contributed by atoms with Crippen molar-refractivity contribution in [2.24, 2.45) is 0 Å². The van der Waals surface area contributed by atoms with Crippen molar-refractivity contribution in [3.63, 3.8) is 0 Å². The molecule has 0 aliphatic rings.